The van der Waals surface area contributed by atoms with E-state index in [1.54, 1.807) is 12.1 Å². The number of aromatic nitrogens is 1. The molecular formula is C9H7N3O2. The van der Waals surface area contributed by atoms with Crippen molar-refractivity contribution in [3.8, 4) is 0 Å². The summed E-state index contributed by atoms with van der Waals surface area (Å²) in [5.74, 6) is -1.27. The first-order valence-corrected chi connectivity index (χ1v) is 3.85. The van der Waals surface area contributed by atoms with Gasteiger partial charge in [-0.15, -0.1) is 0 Å². The van der Waals surface area contributed by atoms with Crippen molar-refractivity contribution in [1.82, 2.24) is 4.98 Å². The number of carbonyl (C=O) groups is 2. The molecule has 0 aromatic carbocycles. The Balaban J connectivity index is 3.09. The van der Waals surface area contributed by atoms with Crippen LogP contribution in [-0.2, 0) is 4.79 Å². The van der Waals surface area contributed by atoms with Gasteiger partial charge in [-0.1, -0.05) is 6.07 Å². The van der Waals surface area contributed by atoms with Crippen molar-refractivity contribution in [3.05, 3.63) is 35.6 Å². The fourth-order valence-corrected chi connectivity index (χ4v) is 0.894. The maximum atomic E-state index is 11.4. The third kappa shape index (κ3) is 1.97. The molecule has 70 valence electrons. The maximum Gasteiger partial charge on any atom is 0.406 e. The fourth-order valence-electron chi connectivity index (χ4n) is 0.894. The molecule has 1 rings (SSSR count). The minimum Gasteiger partial charge on any atom is -0.360 e. The van der Waals surface area contributed by atoms with Gasteiger partial charge < -0.3 is 5.53 Å². The molecule has 0 unspecified atom stereocenters. The highest BCUT2D eigenvalue weighted by atomic mass is 16.1. The molecule has 1 aromatic rings. The summed E-state index contributed by atoms with van der Waals surface area (Å²) in [5.41, 5.74) is 8.02. The molecule has 0 N–H and O–H groups in total. The lowest BCUT2D eigenvalue weighted by atomic mass is 10.1. The Morgan fingerprint density at radius 2 is 2.14 bits per heavy atom. The van der Waals surface area contributed by atoms with Gasteiger partial charge in [-0.3, -0.25) is 14.6 Å². The topological polar surface area (TPSA) is 83.4 Å². The van der Waals surface area contributed by atoms with E-state index in [0.29, 0.717) is 0 Å². The Kier molecular flexibility index (Phi) is 2.99. The van der Waals surface area contributed by atoms with Crippen LogP contribution in [0.1, 0.15) is 17.4 Å². The highest BCUT2D eigenvalue weighted by Crippen LogP contribution is 1.96. The van der Waals surface area contributed by atoms with Crippen LogP contribution in [-0.4, -0.2) is 27.1 Å². The lowest BCUT2D eigenvalue weighted by Gasteiger charge is -1.91. The molecule has 5 heteroatoms. The molecular weight excluding hydrogens is 182 g/mol. The molecule has 5 nitrogen and oxygen atoms in total. The second-order valence-electron chi connectivity index (χ2n) is 2.55. The van der Waals surface area contributed by atoms with E-state index in [1.165, 1.54) is 12.3 Å². The van der Waals surface area contributed by atoms with Crippen LogP contribution in [0.25, 0.3) is 5.53 Å². The Bertz CT molecular complexity index is 419. The average Bonchev–Trinajstić information content (AvgIpc) is 2.19. The van der Waals surface area contributed by atoms with Crippen molar-refractivity contribution in [3.63, 3.8) is 0 Å². The van der Waals surface area contributed by atoms with Crippen LogP contribution < -0.4 is 0 Å². The first-order valence-electron chi connectivity index (χ1n) is 3.85. The lowest BCUT2D eigenvalue weighted by molar-refractivity contribution is -0.115. The molecule has 0 aliphatic carbocycles. The van der Waals surface area contributed by atoms with Gasteiger partial charge in [0.25, 0.3) is 5.78 Å². The highest BCUT2D eigenvalue weighted by Gasteiger charge is 2.27. The minimum absolute atomic E-state index is 0.0792. The summed E-state index contributed by atoms with van der Waals surface area (Å²) >= 11 is 0. The molecule has 0 saturated carbocycles. The zero-order valence-electron chi connectivity index (χ0n) is 7.47. The van der Waals surface area contributed by atoms with Crippen LogP contribution in [0.5, 0.6) is 0 Å². The largest absolute Gasteiger partial charge is 0.406 e. The Hall–Kier alpha value is -2.13. The van der Waals surface area contributed by atoms with Gasteiger partial charge in [0.1, 0.15) is 5.69 Å². The molecule has 14 heavy (non-hydrogen) atoms. The smallest absolute Gasteiger partial charge is 0.360 e. The predicted molar refractivity (Wildman–Crippen MR) is 47.9 cm³/mol. The summed E-state index contributed by atoms with van der Waals surface area (Å²) in [7, 11) is 0. The highest BCUT2D eigenvalue weighted by molar-refractivity contribution is 6.66. The maximum absolute atomic E-state index is 11.4. The van der Waals surface area contributed by atoms with Crippen molar-refractivity contribution in [1.29, 1.82) is 0 Å². The first-order chi connectivity index (χ1) is 6.66. The number of pyridine rings is 1. The number of hydrogen-bond acceptors (Lipinski definition) is 3. The summed E-state index contributed by atoms with van der Waals surface area (Å²) in [6.07, 6.45) is 1.42. The molecule has 0 spiro atoms. The minimum atomic E-state index is -0.680. The SMILES string of the molecule is CC(=O)C(=[N+]=[N-])C(=O)c1ccccn1. The third-order valence-corrected chi connectivity index (χ3v) is 1.55. The Morgan fingerprint density at radius 3 is 2.57 bits per heavy atom. The molecule has 0 atom stereocenters. The number of rotatable bonds is 3. The summed E-state index contributed by atoms with van der Waals surface area (Å²) in [6, 6.07) is 4.69. The van der Waals surface area contributed by atoms with E-state index in [0.717, 1.165) is 6.92 Å². The van der Waals surface area contributed by atoms with Crippen molar-refractivity contribution >= 4 is 17.3 Å². The number of Topliss-reactive ketones (excluding diaryl/α,β-unsaturated/α-hetero) is 2. The summed E-state index contributed by atoms with van der Waals surface area (Å²) in [4.78, 5) is 28.7. The van der Waals surface area contributed by atoms with E-state index in [-0.39, 0.29) is 5.69 Å². The van der Waals surface area contributed by atoms with Gasteiger partial charge in [-0.25, -0.2) is 0 Å². The van der Waals surface area contributed by atoms with E-state index in [1.807, 2.05) is 0 Å². The number of ketones is 2. The third-order valence-electron chi connectivity index (χ3n) is 1.55. The van der Waals surface area contributed by atoms with Gasteiger partial charge in [0.15, 0.2) is 0 Å². The second kappa shape index (κ2) is 4.20. The van der Waals surface area contributed by atoms with Gasteiger partial charge in [0.2, 0.25) is 5.78 Å². The fraction of sp³-hybridized carbons (Fsp3) is 0.111. The van der Waals surface area contributed by atoms with Gasteiger partial charge in [0.05, 0.1) is 0 Å². The average molecular weight is 189 g/mol. The van der Waals surface area contributed by atoms with Gasteiger partial charge >= 0.3 is 5.71 Å². The molecule has 0 amide bonds. The van der Waals surface area contributed by atoms with Gasteiger partial charge in [-0.2, -0.15) is 4.79 Å². The normalized spacial score (nSPS) is 8.93. The van der Waals surface area contributed by atoms with E-state index < -0.39 is 17.3 Å². The predicted octanol–water partition coefficient (Wildman–Crippen LogP) is 0.524. The van der Waals surface area contributed by atoms with Crippen LogP contribution >= 0.6 is 0 Å². The molecule has 1 heterocycles. The van der Waals surface area contributed by atoms with Gasteiger partial charge in [-0.05, 0) is 12.1 Å². The summed E-state index contributed by atoms with van der Waals surface area (Å²) in [6.45, 7) is 1.15. The molecule has 0 fully saturated rings. The quantitative estimate of drug-likeness (QED) is 0.228. The Labute approximate surface area is 80.0 Å². The summed E-state index contributed by atoms with van der Waals surface area (Å²) < 4.78 is 0. The second-order valence-corrected chi connectivity index (χ2v) is 2.55. The molecule has 0 radical (unpaired) electrons. The monoisotopic (exact) mass is 189 g/mol. The van der Waals surface area contributed by atoms with Crippen molar-refractivity contribution in [2.24, 2.45) is 0 Å². The molecule has 0 saturated heterocycles. The molecule has 0 bridgehead atoms. The van der Waals surface area contributed by atoms with Crippen LogP contribution in [0, 0.1) is 0 Å². The van der Waals surface area contributed by atoms with E-state index in [9.17, 15) is 9.59 Å². The Morgan fingerprint density at radius 1 is 1.43 bits per heavy atom. The molecule has 1 aromatic heterocycles. The van der Waals surface area contributed by atoms with E-state index >= 15 is 0 Å². The van der Waals surface area contributed by atoms with Crippen LogP contribution in [0.3, 0.4) is 0 Å². The number of carbonyl (C=O) groups excluding carboxylic acids is 2. The van der Waals surface area contributed by atoms with Crippen LogP contribution in [0.2, 0.25) is 0 Å². The lowest BCUT2D eigenvalue weighted by Crippen LogP contribution is -2.23. The van der Waals surface area contributed by atoms with Gasteiger partial charge in [0, 0.05) is 13.1 Å². The van der Waals surface area contributed by atoms with Crippen molar-refractivity contribution in [2.75, 3.05) is 0 Å². The van der Waals surface area contributed by atoms with E-state index in [2.05, 4.69) is 9.77 Å². The molecule has 0 aliphatic heterocycles. The zero-order chi connectivity index (χ0) is 10.6. The number of hydrogen-bond donors (Lipinski definition) is 0. The molecule has 0 aliphatic rings. The van der Waals surface area contributed by atoms with Crippen molar-refractivity contribution in [2.45, 2.75) is 6.92 Å². The van der Waals surface area contributed by atoms with E-state index in [4.69, 9.17) is 5.53 Å². The van der Waals surface area contributed by atoms with Crippen molar-refractivity contribution < 1.29 is 14.4 Å². The summed E-state index contributed by atoms with van der Waals surface area (Å²) in [5, 5.41) is 0. The zero-order valence-corrected chi connectivity index (χ0v) is 7.47. The van der Waals surface area contributed by atoms with Crippen LogP contribution in [0.15, 0.2) is 24.4 Å². The standard InChI is InChI=1S/C9H7N3O2/c1-6(13)8(12-10)9(14)7-4-2-3-5-11-7/h2-5H,1H3. The van der Waals surface area contributed by atoms with Crippen LogP contribution in [0.4, 0.5) is 0 Å². The first kappa shape index (κ1) is 9.95. The number of nitrogens with zero attached hydrogens (tertiary/aromatic N) is 3.